The van der Waals surface area contributed by atoms with E-state index >= 15 is 0 Å². The molecule has 4 nitrogen and oxygen atoms in total. The van der Waals surface area contributed by atoms with Gasteiger partial charge in [0.15, 0.2) is 0 Å². The van der Waals surface area contributed by atoms with E-state index < -0.39 is 0 Å². The van der Waals surface area contributed by atoms with Gasteiger partial charge in [0.25, 0.3) is 0 Å². The first-order chi connectivity index (χ1) is 7.81. The van der Waals surface area contributed by atoms with Crippen LogP contribution in [0.25, 0.3) is 0 Å². The first-order valence-electron chi connectivity index (χ1n) is 5.55. The fourth-order valence-corrected chi connectivity index (χ4v) is 2.00. The molecule has 1 aromatic rings. The van der Waals surface area contributed by atoms with E-state index in [1.165, 1.54) is 6.33 Å². The van der Waals surface area contributed by atoms with Gasteiger partial charge in [-0.3, -0.25) is 0 Å². The number of rotatable bonds is 4. The van der Waals surface area contributed by atoms with Gasteiger partial charge in [0.05, 0.1) is 11.7 Å². The van der Waals surface area contributed by atoms with Gasteiger partial charge in [0.1, 0.15) is 18.1 Å². The second-order valence-corrected chi connectivity index (χ2v) is 4.11. The Kier molecular flexibility index (Phi) is 3.96. The van der Waals surface area contributed by atoms with E-state index in [1.54, 1.807) is 0 Å². The van der Waals surface area contributed by atoms with Crippen LogP contribution >= 0.6 is 11.6 Å². The first-order valence-corrected chi connectivity index (χ1v) is 5.92. The first kappa shape index (κ1) is 11.6. The minimum Gasteiger partial charge on any atom is -0.475 e. The quantitative estimate of drug-likeness (QED) is 0.760. The Morgan fingerprint density at radius 3 is 3.12 bits per heavy atom. The fraction of sp³-hybridized carbons (Fsp3) is 0.636. The Labute approximate surface area is 99.9 Å². The highest BCUT2D eigenvalue weighted by Crippen LogP contribution is 2.23. The van der Waals surface area contributed by atoms with Gasteiger partial charge in [-0.25, -0.2) is 9.97 Å². The average molecular weight is 243 g/mol. The molecule has 0 bridgehead atoms. The van der Waals surface area contributed by atoms with Crippen molar-refractivity contribution >= 4 is 11.6 Å². The van der Waals surface area contributed by atoms with Crippen LogP contribution in [0.5, 0.6) is 5.88 Å². The maximum atomic E-state index is 5.96. The van der Waals surface area contributed by atoms with Crippen molar-refractivity contribution in [1.82, 2.24) is 9.97 Å². The smallest absolute Gasteiger partial charge is 0.221 e. The van der Waals surface area contributed by atoms with Crippen molar-refractivity contribution in [2.24, 2.45) is 0 Å². The molecule has 88 valence electrons. The molecule has 1 aliphatic rings. The molecule has 1 aliphatic heterocycles. The van der Waals surface area contributed by atoms with Gasteiger partial charge >= 0.3 is 0 Å². The topological polar surface area (TPSA) is 44.2 Å². The fourth-order valence-electron chi connectivity index (χ4n) is 1.75. The molecule has 0 aromatic carbocycles. The largest absolute Gasteiger partial charge is 0.475 e. The highest BCUT2D eigenvalue weighted by molar-refractivity contribution is 6.30. The SMILES string of the molecule is CCc1c(Cl)ncnc1OCC1CCCO1. The number of hydrogen-bond donors (Lipinski definition) is 0. The maximum absolute atomic E-state index is 5.96. The molecule has 0 radical (unpaired) electrons. The third-order valence-corrected chi connectivity index (χ3v) is 2.96. The van der Waals surface area contributed by atoms with Crippen LogP contribution < -0.4 is 4.74 Å². The normalized spacial score (nSPS) is 20.0. The Morgan fingerprint density at radius 2 is 2.44 bits per heavy atom. The van der Waals surface area contributed by atoms with Crippen molar-refractivity contribution in [1.29, 1.82) is 0 Å². The number of nitrogens with zero attached hydrogens (tertiary/aromatic N) is 2. The van der Waals surface area contributed by atoms with Crippen LogP contribution in [0.1, 0.15) is 25.3 Å². The average Bonchev–Trinajstić information content (AvgIpc) is 2.79. The van der Waals surface area contributed by atoms with Crippen LogP contribution in [0.15, 0.2) is 6.33 Å². The third kappa shape index (κ3) is 2.62. The molecule has 1 unspecified atom stereocenters. The molecule has 0 aliphatic carbocycles. The van der Waals surface area contributed by atoms with Crippen molar-refractivity contribution in [2.75, 3.05) is 13.2 Å². The van der Waals surface area contributed by atoms with Crippen molar-refractivity contribution < 1.29 is 9.47 Å². The van der Waals surface area contributed by atoms with Gasteiger partial charge in [-0.05, 0) is 19.3 Å². The Bertz CT molecular complexity index is 354. The van der Waals surface area contributed by atoms with Gasteiger partial charge in [-0.1, -0.05) is 18.5 Å². The number of hydrogen-bond acceptors (Lipinski definition) is 4. The zero-order valence-corrected chi connectivity index (χ0v) is 10.0. The van der Waals surface area contributed by atoms with Crippen molar-refractivity contribution in [3.8, 4) is 5.88 Å². The Morgan fingerprint density at radius 1 is 1.56 bits per heavy atom. The summed E-state index contributed by atoms with van der Waals surface area (Å²) in [7, 11) is 0. The molecular formula is C11H15ClN2O2. The highest BCUT2D eigenvalue weighted by Gasteiger charge is 2.17. The molecule has 2 rings (SSSR count). The van der Waals surface area contributed by atoms with E-state index in [0.717, 1.165) is 31.4 Å². The summed E-state index contributed by atoms with van der Waals surface area (Å²) < 4.78 is 11.1. The third-order valence-electron chi connectivity index (χ3n) is 2.64. The molecule has 1 atom stereocenters. The molecule has 16 heavy (non-hydrogen) atoms. The lowest BCUT2D eigenvalue weighted by molar-refractivity contribution is 0.0659. The van der Waals surface area contributed by atoms with Crippen LogP contribution in [0.4, 0.5) is 0 Å². The molecule has 2 heterocycles. The van der Waals surface area contributed by atoms with Gasteiger partial charge < -0.3 is 9.47 Å². The molecule has 5 heteroatoms. The second-order valence-electron chi connectivity index (χ2n) is 3.75. The summed E-state index contributed by atoms with van der Waals surface area (Å²) in [4.78, 5) is 8.03. The standard InChI is InChI=1S/C11H15ClN2O2/c1-2-9-10(12)13-7-14-11(9)16-6-8-4-3-5-15-8/h7-8H,2-6H2,1H3. The molecule has 0 N–H and O–H groups in total. The molecule has 0 saturated carbocycles. The molecule has 1 saturated heterocycles. The van der Waals surface area contributed by atoms with E-state index in [2.05, 4.69) is 9.97 Å². The van der Waals surface area contributed by atoms with E-state index in [4.69, 9.17) is 21.1 Å². The van der Waals surface area contributed by atoms with E-state index in [9.17, 15) is 0 Å². The van der Waals surface area contributed by atoms with Crippen LogP contribution in [0.2, 0.25) is 5.15 Å². The molecule has 0 spiro atoms. The number of halogens is 1. The highest BCUT2D eigenvalue weighted by atomic mass is 35.5. The lowest BCUT2D eigenvalue weighted by Crippen LogP contribution is -2.17. The Balaban J connectivity index is 2.00. The van der Waals surface area contributed by atoms with E-state index in [1.807, 2.05) is 6.92 Å². The summed E-state index contributed by atoms with van der Waals surface area (Å²) in [5.74, 6) is 0.581. The van der Waals surface area contributed by atoms with Gasteiger partial charge in [0, 0.05) is 6.61 Å². The summed E-state index contributed by atoms with van der Waals surface area (Å²) in [6.07, 6.45) is 4.55. The minimum absolute atomic E-state index is 0.193. The van der Waals surface area contributed by atoms with E-state index in [-0.39, 0.29) is 6.10 Å². The summed E-state index contributed by atoms with van der Waals surface area (Å²) >= 11 is 5.96. The van der Waals surface area contributed by atoms with Crippen molar-refractivity contribution in [2.45, 2.75) is 32.3 Å². The van der Waals surface area contributed by atoms with Crippen LogP contribution in [0.3, 0.4) is 0 Å². The second kappa shape index (κ2) is 5.46. The summed E-state index contributed by atoms with van der Waals surface area (Å²) in [6, 6.07) is 0. The molecule has 1 aromatic heterocycles. The number of ether oxygens (including phenoxy) is 2. The monoisotopic (exact) mass is 242 g/mol. The predicted molar refractivity (Wildman–Crippen MR) is 60.9 cm³/mol. The summed E-state index contributed by atoms with van der Waals surface area (Å²) in [5.41, 5.74) is 0.863. The summed E-state index contributed by atoms with van der Waals surface area (Å²) in [6.45, 7) is 3.38. The van der Waals surface area contributed by atoms with Gasteiger partial charge in [0.2, 0.25) is 5.88 Å². The number of aromatic nitrogens is 2. The zero-order chi connectivity index (χ0) is 11.4. The Hall–Kier alpha value is -0.870. The minimum atomic E-state index is 0.193. The molecule has 0 amide bonds. The molecular weight excluding hydrogens is 228 g/mol. The molecule has 1 fully saturated rings. The predicted octanol–water partition coefficient (Wildman–Crippen LogP) is 2.25. The van der Waals surface area contributed by atoms with E-state index in [0.29, 0.717) is 17.6 Å². The van der Waals surface area contributed by atoms with Crippen LogP contribution in [-0.4, -0.2) is 29.3 Å². The van der Waals surface area contributed by atoms with Crippen LogP contribution in [0, 0.1) is 0 Å². The van der Waals surface area contributed by atoms with Gasteiger partial charge in [-0.15, -0.1) is 0 Å². The van der Waals surface area contributed by atoms with Crippen LogP contribution in [-0.2, 0) is 11.2 Å². The van der Waals surface area contributed by atoms with Gasteiger partial charge in [-0.2, -0.15) is 0 Å². The zero-order valence-electron chi connectivity index (χ0n) is 9.28. The summed E-state index contributed by atoms with van der Waals surface area (Å²) in [5, 5.41) is 0.472. The van der Waals surface area contributed by atoms with Crippen molar-refractivity contribution in [3.05, 3.63) is 17.0 Å². The lowest BCUT2D eigenvalue weighted by Gasteiger charge is -2.13. The maximum Gasteiger partial charge on any atom is 0.221 e. The lowest BCUT2D eigenvalue weighted by atomic mass is 10.2. The van der Waals surface area contributed by atoms with Crippen molar-refractivity contribution in [3.63, 3.8) is 0 Å².